The lowest BCUT2D eigenvalue weighted by Gasteiger charge is -2.37. The lowest BCUT2D eigenvalue weighted by atomic mass is 9.85. The van der Waals surface area contributed by atoms with Crippen molar-refractivity contribution in [2.24, 2.45) is 0 Å². The molecular weight excluding hydrogens is 534 g/mol. The van der Waals surface area contributed by atoms with Crippen LogP contribution in [0.5, 0.6) is 17.2 Å². The second-order valence-electron chi connectivity index (χ2n) is 10.3. The molecule has 0 aromatic heterocycles. The van der Waals surface area contributed by atoms with Crippen LogP contribution in [0.4, 0.5) is 0 Å². The third kappa shape index (κ3) is 7.40. The van der Waals surface area contributed by atoms with E-state index in [-0.39, 0.29) is 12.0 Å². The molecule has 1 aliphatic rings. The van der Waals surface area contributed by atoms with E-state index in [1.165, 1.54) is 0 Å². The quantitative estimate of drug-likeness (QED) is 0.108. The van der Waals surface area contributed by atoms with Crippen LogP contribution in [0, 0.1) is 0 Å². The van der Waals surface area contributed by atoms with E-state index < -0.39 is 6.10 Å². The fourth-order valence-corrected chi connectivity index (χ4v) is 5.49. The molecule has 1 heterocycles. The van der Waals surface area contributed by atoms with Crippen molar-refractivity contribution in [3.63, 3.8) is 0 Å². The van der Waals surface area contributed by atoms with Crippen LogP contribution in [-0.4, -0.2) is 58.0 Å². The number of para-hydroxylation sites is 1. The topological polar surface area (TPSA) is 87.6 Å². The minimum Gasteiger partial charge on any atom is -0.496 e. The molecule has 222 valence electrons. The Hall–Kier alpha value is -3.66. The molecular formula is C34H39NO7. The van der Waals surface area contributed by atoms with Crippen molar-refractivity contribution in [3.8, 4) is 17.2 Å². The summed E-state index contributed by atoms with van der Waals surface area (Å²) in [4.78, 5) is 4.90. The van der Waals surface area contributed by atoms with E-state index in [2.05, 4.69) is 17.4 Å². The van der Waals surface area contributed by atoms with Gasteiger partial charge in [-0.25, -0.2) is 4.89 Å². The van der Waals surface area contributed by atoms with Crippen molar-refractivity contribution in [2.45, 2.75) is 37.8 Å². The van der Waals surface area contributed by atoms with Gasteiger partial charge in [-0.1, -0.05) is 54.6 Å². The zero-order valence-corrected chi connectivity index (χ0v) is 24.2. The Morgan fingerprint density at radius 3 is 2.36 bits per heavy atom. The highest BCUT2D eigenvalue weighted by molar-refractivity contribution is 5.89. The van der Waals surface area contributed by atoms with Crippen LogP contribution in [0.2, 0.25) is 0 Å². The molecule has 1 fully saturated rings. The maximum atomic E-state index is 9.70. The molecule has 0 bridgehead atoms. The average Bonchev–Trinajstić information content (AvgIpc) is 3.05. The fraction of sp³-hybridized carbons (Fsp3) is 0.353. The third-order valence-electron chi connectivity index (χ3n) is 7.61. The summed E-state index contributed by atoms with van der Waals surface area (Å²) >= 11 is 0. The minimum atomic E-state index is -0.443. The lowest BCUT2D eigenvalue weighted by molar-refractivity contribution is -0.291. The number of ether oxygens (including phenoxy) is 5. The van der Waals surface area contributed by atoms with Gasteiger partial charge >= 0.3 is 0 Å². The number of benzene rings is 4. The molecule has 2 N–H and O–H groups in total. The number of methoxy groups -OCH3 is 2. The normalized spacial score (nSPS) is 18.6. The minimum absolute atomic E-state index is 0.156. The fourth-order valence-electron chi connectivity index (χ4n) is 5.49. The van der Waals surface area contributed by atoms with Crippen molar-refractivity contribution in [3.05, 3.63) is 102 Å². The molecule has 0 radical (unpaired) electrons. The first-order valence-corrected chi connectivity index (χ1v) is 14.3. The van der Waals surface area contributed by atoms with Gasteiger partial charge < -0.3 is 29.0 Å². The number of hydrogen-bond donors (Lipinski definition) is 2. The van der Waals surface area contributed by atoms with Gasteiger partial charge in [0.1, 0.15) is 23.4 Å². The summed E-state index contributed by atoms with van der Waals surface area (Å²) in [6.07, 6.45) is 0.115. The number of piperidine rings is 1. The summed E-state index contributed by atoms with van der Waals surface area (Å²) in [5.74, 6) is 2.27. The van der Waals surface area contributed by atoms with Crippen LogP contribution < -0.4 is 19.5 Å². The molecule has 4 aromatic carbocycles. The van der Waals surface area contributed by atoms with Gasteiger partial charge in [0.05, 0.1) is 46.8 Å². The molecule has 8 heteroatoms. The van der Waals surface area contributed by atoms with E-state index in [0.29, 0.717) is 39.5 Å². The summed E-state index contributed by atoms with van der Waals surface area (Å²) in [5, 5.41) is 15.2. The first kappa shape index (κ1) is 29.8. The Balaban J connectivity index is 1.15. The number of nitrogens with one attached hydrogen (secondary N) is 1. The van der Waals surface area contributed by atoms with Crippen LogP contribution in [0.15, 0.2) is 84.9 Å². The van der Waals surface area contributed by atoms with Crippen LogP contribution in [0.3, 0.4) is 0 Å². The molecule has 1 unspecified atom stereocenters. The van der Waals surface area contributed by atoms with E-state index in [9.17, 15) is 5.26 Å². The highest BCUT2D eigenvalue weighted by Gasteiger charge is 2.36. The van der Waals surface area contributed by atoms with Gasteiger partial charge in [0.2, 0.25) is 0 Å². The first-order valence-electron chi connectivity index (χ1n) is 14.3. The van der Waals surface area contributed by atoms with E-state index in [0.717, 1.165) is 51.1 Å². The van der Waals surface area contributed by atoms with Gasteiger partial charge in [-0.05, 0) is 46.8 Å². The Labute approximate surface area is 247 Å². The van der Waals surface area contributed by atoms with Crippen molar-refractivity contribution in [2.75, 3.05) is 40.5 Å². The van der Waals surface area contributed by atoms with Gasteiger partial charge in [-0.3, -0.25) is 5.26 Å². The van der Waals surface area contributed by atoms with Gasteiger partial charge in [0.15, 0.2) is 0 Å². The molecule has 0 aliphatic carbocycles. The smallest absolute Gasteiger partial charge is 0.127 e. The molecule has 4 aromatic rings. The summed E-state index contributed by atoms with van der Waals surface area (Å²) in [6, 6.07) is 28.1. The van der Waals surface area contributed by atoms with Gasteiger partial charge in [-0.15, -0.1) is 0 Å². The van der Waals surface area contributed by atoms with Gasteiger partial charge in [0.25, 0.3) is 0 Å². The predicted octanol–water partition coefficient (Wildman–Crippen LogP) is 5.97. The van der Waals surface area contributed by atoms with Crippen molar-refractivity contribution < 1.29 is 33.8 Å². The highest BCUT2D eigenvalue weighted by Crippen LogP contribution is 2.33. The molecule has 0 saturated carbocycles. The summed E-state index contributed by atoms with van der Waals surface area (Å²) < 4.78 is 29.2. The van der Waals surface area contributed by atoms with Crippen LogP contribution in [0.1, 0.15) is 29.0 Å². The van der Waals surface area contributed by atoms with Crippen LogP contribution in [-0.2, 0) is 27.6 Å². The zero-order valence-electron chi connectivity index (χ0n) is 24.2. The van der Waals surface area contributed by atoms with E-state index >= 15 is 0 Å². The summed E-state index contributed by atoms with van der Waals surface area (Å²) in [7, 11) is 3.35. The molecule has 3 atom stereocenters. The van der Waals surface area contributed by atoms with Crippen molar-refractivity contribution >= 4 is 10.8 Å². The number of hydrogen-bond acceptors (Lipinski definition) is 8. The third-order valence-corrected chi connectivity index (χ3v) is 7.61. The lowest BCUT2D eigenvalue weighted by Crippen LogP contribution is -2.50. The molecule has 8 nitrogen and oxygen atoms in total. The second kappa shape index (κ2) is 15.0. The average molecular weight is 574 g/mol. The SMILES string of the molecule is COc1ccccc1COCCCOc1ccc(C2[C@@H](OCc3cc(OC)c4ccccc4c3)CNC[C@H]2OO)cc1. The largest absolute Gasteiger partial charge is 0.496 e. The first-order chi connectivity index (χ1) is 20.7. The van der Waals surface area contributed by atoms with Crippen molar-refractivity contribution in [1.82, 2.24) is 5.32 Å². The Bertz CT molecular complexity index is 1410. The predicted molar refractivity (Wildman–Crippen MR) is 161 cm³/mol. The number of rotatable bonds is 14. The van der Waals surface area contributed by atoms with E-state index in [1.54, 1.807) is 14.2 Å². The molecule has 5 rings (SSSR count). The molecule has 1 saturated heterocycles. The Morgan fingerprint density at radius 2 is 1.55 bits per heavy atom. The van der Waals surface area contributed by atoms with E-state index in [4.69, 9.17) is 28.6 Å². The monoisotopic (exact) mass is 573 g/mol. The molecule has 1 aliphatic heterocycles. The molecule has 0 amide bonds. The molecule has 0 spiro atoms. The zero-order chi connectivity index (χ0) is 29.1. The van der Waals surface area contributed by atoms with Gasteiger partial charge in [0, 0.05) is 36.4 Å². The summed E-state index contributed by atoms with van der Waals surface area (Å²) in [5.41, 5.74) is 3.06. The standard InChI is InChI=1S/C34H39NO7/c1-37-30-11-6-4-9-27(30)23-39-16-7-17-40-28-14-12-25(13-15-28)34-32(20-35-21-33(34)42-36)41-22-24-18-26-8-3-5-10-29(26)31(19-24)38-2/h3-6,8-15,18-19,32-36H,7,16-17,20-23H2,1-2H3/t32-,33+,34?/m0/s1. The Kier molecular flexibility index (Phi) is 10.6. The van der Waals surface area contributed by atoms with Crippen molar-refractivity contribution in [1.29, 1.82) is 0 Å². The van der Waals surface area contributed by atoms with Gasteiger partial charge in [-0.2, -0.15) is 0 Å². The summed E-state index contributed by atoms with van der Waals surface area (Å²) in [6.45, 7) is 3.20. The maximum absolute atomic E-state index is 9.70. The van der Waals surface area contributed by atoms with Crippen LogP contribution >= 0.6 is 0 Å². The highest BCUT2D eigenvalue weighted by atomic mass is 17.1. The van der Waals surface area contributed by atoms with E-state index in [1.807, 2.05) is 72.8 Å². The van der Waals surface area contributed by atoms with Crippen LogP contribution in [0.25, 0.3) is 10.8 Å². The molecule has 42 heavy (non-hydrogen) atoms. The number of fused-ring (bicyclic) bond motifs is 1. The second-order valence-corrected chi connectivity index (χ2v) is 10.3. The Morgan fingerprint density at radius 1 is 0.786 bits per heavy atom. The maximum Gasteiger partial charge on any atom is 0.127 e.